The third kappa shape index (κ3) is 3.80. The zero-order valence-electron chi connectivity index (χ0n) is 12.7. The van der Waals surface area contributed by atoms with Crippen molar-refractivity contribution < 1.29 is 14.8 Å². The molecule has 7 nitrogen and oxygen atoms in total. The van der Waals surface area contributed by atoms with Crippen molar-refractivity contribution in [2.24, 2.45) is 0 Å². The number of nitro groups is 1. The van der Waals surface area contributed by atoms with Crippen LogP contribution in [0.15, 0.2) is 18.2 Å². The summed E-state index contributed by atoms with van der Waals surface area (Å²) >= 11 is 0. The zero-order chi connectivity index (χ0) is 16.1. The second-order valence-corrected chi connectivity index (χ2v) is 5.44. The predicted molar refractivity (Wildman–Crippen MR) is 81.6 cm³/mol. The first kappa shape index (κ1) is 16.4. The number of nitro benzene ring substituents is 1. The highest BCUT2D eigenvalue weighted by Crippen LogP contribution is 2.22. The van der Waals surface area contributed by atoms with Crippen molar-refractivity contribution in [3.63, 3.8) is 0 Å². The second-order valence-electron chi connectivity index (χ2n) is 5.44. The summed E-state index contributed by atoms with van der Waals surface area (Å²) in [7, 11) is 0. The van der Waals surface area contributed by atoms with Gasteiger partial charge in [-0.15, -0.1) is 0 Å². The average Bonchev–Trinajstić information content (AvgIpc) is 2.50. The van der Waals surface area contributed by atoms with Crippen molar-refractivity contribution in [1.29, 1.82) is 0 Å². The van der Waals surface area contributed by atoms with Crippen molar-refractivity contribution in [3.05, 3.63) is 39.4 Å². The standard InChI is InChI=1S/C15H21N3O4/c1-12-13(3-2-4-14(12)18(21)22)11-15(20)17-7-5-16(6-8-17)9-10-19/h2-4,19H,5-11H2,1H3. The zero-order valence-corrected chi connectivity index (χ0v) is 12.7. The summed E-state index contributed by atoms with van der Waals surface area (Å²) in [6.45, 7) is 5.20. The van der Waals surface area contributed by atoms with Crippen LogP contribution in [-0.2, 0) is 11.2 Å². The molecule has 120 valence electrons. The SMILES string of the molecule is Cc1c(CC(=O)N2CCN(CCO)CC2)cccc1[N+](=O)[O-]. The minimum Gasteiger partial charge on any atom is -0.395 e. The molecule has 2 rings (SSSR count). The van der Waals surface area contributed by atoms with Crippen LogP contribution in [0.1, 0.15) is 11.1 Å². The number of benzene rings is 1. The molecular weight excluding hydrogens is 286 g/mol. The lowest BCUT2D eigenvalue weighted by molar-refractivity contribution is -0.385. The molecular formula is C15H21N3O4. The Kier molecular flexibility index (Phi) is 5.46. The molecule has 1 N–H and O–H groups in total. The van der Waals surface area contributed by atoms with Crippen LogP contribution in [0.4, 0.5) is 5.69 Å². The van der Waals surface area contributed by atoms with Gasteiger partial charge in [-0.25, -0.2) is 0 Å². The molecule has 1 aliphatic heterocycles. The van der Waals surface area contributed by atoms with Gasteiger partial charge in [-0.05, 0) is 12.5 Å². The van der Waals surface area contributed by atoms with E-state index in [0.717, 1.165) is 13.1 Å². The summed E-state index contributed by atoms with van der Waals surface area (Å²) in [5.74, 6) is -0.00718. The van der Waals surface area contributed by atoms with Crippen LogP contribution in [-0.4, -0.2) is 65.1 Å². The number of rotatable bonds is 5. The summed E-state index contributed by atoms with van der Waals surface area (Å²) in [6, 6.07) is 4.84. The van der Waals surface area contributed by atoms with Crippen LogP contribution in [0.25, 0.3) is 0 Å². The summed E-state index contributed by atoms with van der Waals surface area (Å²) < 4.78 is 0. The van der Waals surface area contributed by atoms with Crippen LogP contribution >= 0.6 is 0 Å². The number of hydrogen-bond acceptors (Lipinski definition) is 5. The Bertz CT molecular complexity index is 554. The van der Waals surface area contributed by atoms with Gasteiger partial charge in [-0.2, -0.15) is 0 Å². The Morgan fingerprint density at radius 3 is 2.59 bits per heavy atom. The predicted octanol–water partition coefficient (Wildman–Crippen LogP) is 0.582. The highest BCUT2D eigenvalue weighted by atomic mass is 16.6. The number of amides is 1. The van der Waals surface area contributed by atoms with E-state index >= 15 is 0 Å². The number of carbonyl (C=O) groups excluding carboxylic acids is 1. The van der Waals surface area contributed by atoms with Crippen LogP contribution in [0.5, 0.6) is 0 Å². The molecule has 1 aliphatic rings. The van der Waals surface area contributed by atoms with Crippen molar-refractivity contribution >= 4 is 11.6 Å². The number of hydrogen-bond donors (Lipinski definition) is 1. The topological polar surface area (TPSA) is 86.9 Å². The monoisotopic (exact) mass is 307 g/mol. The number of aliphatic hydroxyl groups excluding tert-OH is 1. The summed E-state index contributed by atoms with van der Waals surface area (Å²) in [6.07, 6.45) is 0.188. The molecule has 1 aromatic carbocycles. The molecule has 1 amide bonds. The van der Waals surface area contributed by atoms with Crippen LogP contribution in [0.2, 0.25) is 0 Å². The molecule has 0 radical (unpaired) electrons. The van der Waals surface area contributed by atoms with Gasteiger partial charge in [0.2, 0.25) is 5.91 Å². The molecule has 1 aromatic rings. The van der Waals surface area contributed by atoms with Crippen molar-refractivity contribution in [3.8, 4) is 0 Å². The molecule has 0 bridgehead atoms. The minimum atomic E-state index is -0.420. The molecule has 0 unspecified atom stereocenters. The molecule has 0 aromatic heterocycles. The van der Waals surface area contributed by atoms with E-state index in [-0.39, 0.29) is 24.6 Å². The van der Waals surface area contributed by atoms with Gasteiger partial charge in [0.1, 0.15) is 0 Å². The first-order chi connectivity index (χ1) is 10.5. The molecule has 1 heterocycles. The van der Waals surface area contributed by atoms with Crippen LogP contribution in [0.3, 0.4) is 0 Å². The van der Waals surface area contributed by atoms with Crippen molar-refractivity contribution in [2.75, 3.05) is 39.3 Å². The fraction of sp³-hybridized carbons (Fsp3) is 0.533. The quantitative estimate of drug-likeness (QED) is 0.635. The Morgan fingerprint density at radius 1 is 1.32 bits per heavy atom. The van der Waals surface area contributed by atoms with E-state index in [9.17, 15) is 14.9 Å². The van der Waals surface area contributed by atoms with Gasteiger partial charge in [0.05, 0.1) is 18.0 Å². The molecule has 1 fully saturated rings. The number of β-amino-alcohol motifs (C(OH)–C–C–N with tert-alkyl or cyclic N) is 1. The number of carbonyl (C=O) groups is 1. The van der Waals surface area contributed by atoms with Gasteiger partial charge < -0.3 is 10.0 Å². The maximum Gasteiger partial charge on any atom is 0.272 e. The molecule has 0 spiro atoms. The van der Waals surface area contributed by atoms with Gasteiger partial charge in [0.25, 0.3) is 5.69 Å². The van der Waals surface area contributed by atoms with E-state index < -0.39 is 4.92 Å². The normalized spacial score (nSPS) is 15.8. The second kappa shape index (κ2) is 7.33. The lowest BCUT2D eigenvalue weighted by atomic mass is 10.0. The lowest BCUT2D eigenvalue weighted by Crippen LogP contribution is -2.49. The molecule has 22 heavy (non-hydrogen) atoms. The number of nitrogens with zero attached hydrogens (tertiary/aromatic N) is 3. The van der Waals surface area contributed by atoms with E-state index in [1.165, 1.54) is 6.07 Å². The molecule has 0 aliphatic carbocycles. The van der Waals surface area contributed by atoms with E-state index in [1.807, 2.05) is 0 Å². The molecule has 0 saturated carbocycles. The molecule has 0 atom stereocenters. The highest BCUT2D eigenvalue weighted by Gasteiger charge is 2.22. The maximum atomic E-state index is 12.4. The Balaban J connectivity index is 1.98. The maximum absolute atomic E-state index is 12.4. The van der Waals surface area contributed by atoms with Crippen LogP contribution < -0.4 is 0 Å². The van der Waals surface area contributed by atoms with Gasteiger partial charge in [0.15, 0.2) is 0 Å². The Labute approximate surface area is 129 Å². The summed E-state index contributed by atoms with van der Waals surface area (Å²) in [5, 5.41) is 19.9. The van der Waals surface area contributed by atoms with E-state index in [2.05, 4.69) is 4.90 Å². The first-order valence-electron chi connectivity index (χ1n) is 7.36. The van der Waals surface area contributed by atoms with E-state index in [0.29, 0.717) is 30.8 Å². The van der Waals surface area contributed by atoms with E-state index in [4.69, 9.17) is 5.11 Å². The Morgan fingerprint density at radius 2 is 2.00 bits per heavy atom. The Hall–Kier alpha value is -1.99. The molecule has 7 heteroatoms. The fourth-order valence-electron chi connectivity index (χ4n) is 2.70. The largest absolute Gasteiger partial charge is 0.395 e. The third-order valence-electron chi connectivity index (χ3n) is 4.10. The smallest absolute Gasteiger partial charge is 0.272 e. The summed E-state index contributed by atoms with van der Waals surface area (Å²) in [4.78, 5) is 26.8. The minimum absolute atomic E-state index is 0.00718. The van der Waals surface area contributed by atoms with Crippen LogP contribution in [0, 0.1) is 17.0 Å². The highest BCUT2D eigenvalue weighted by molar-refractivity contribution is 5.79. The number of aliphatic hydroxyl groups is 1. The van der Waals surface area contributed by atoms with Gasteiger partial charge in [-0.3, -0.25) is 19.8 Å². The lowest BCUT2D eigenvalue weighted by Gasteiger charge is -2.34. The fourth-order valence-corrected chi connectivity index (χ4v) is 2.70. The van der Waals surface area contributed by atoms with Gasteiger partial charge in [0, 0.05) is 44.4 Å². The first-order valence-corrected chi connectivity index (χ1v) is 7.36. The molecule has 1 saturated heterocycles. The van der Waals surface area contributed by atoms with Gasteiger partial charge in [-0.1, -0.05) is 12.1 Å². The van der Waals surface area contributed by atoms with Crippen molar-refractivity contribution in [2.45, 2.75) is 13.3 Å². The average molecular weight is 307 g/mol. The van der Waals surface area contributed by atoms with Gasteiger partial charge >= 0.3 is 0 Å². The van der Waals surface area contributed by atoms with E-state index in [1.54, 1.807) is 24.0 Å². The van der Waals surface area contributed by atoms with Crippen molar-refractivity contribution in [1.82, 2.24) is 9.80 Å². The third-order valence-corrected chi connectivity index (χ3v) is 4.10. The number of piperazine rings is 1. The summed E-state index contributed by atoms with van der Waals surface area (Å²) in [5.41, 5.74) is 1.31.